The summed E-state index contributed by atoms with van der Waals surface area (Å²) >= 11 is 9.60. The average Bonchev–Trinajstić information content (AvgIpc) is 3.18. The van der Waals surface area contributed by atoms with Crippen LogP contribution in [0.4, 0.5) is 5.69 Å². The Bertz CT molecular complexity index is 1290. The van der Waals surface area contributed by atoms with Crippen molar-refractivity contribution in [3.05, 3.63) is 70.2 Å². The van der Waals surface area contributed by atoms with Crippen molar-refractivity contribution in [1.29, 1.82) is 0 Å². The van der Waals surface area contributed by atoms with Crippen LogP contribution in [0.5, 0.6) is 11.5 Å². The average molecular weight is 516 g/mol. The van der Waals surface area contributed by atoms with Gasteiger partial charge in [-0.25, -0.2) is 0 Å². The van der Waals surface area contributed by atoms with Crippen molar-refractivity contribution >= 4 is 50.2 Å². The van der Waals surface area contributed by atoms with Gasteiger partial charge in [0.1, 0.15) is 22.5 Å². The molecule has 0 aliphatic carbocycles. The van der Waals surface area contributed by atoms with Crippen molar-refractivity contribution < 1.29 is 14.3 Å². The van der Waals surface area contributed by atoms with Crippen LogP contribution < -0.4 is 14.8 Å². The maximum atomic E-state index is 12.9. The van der Waals surface area contributed by atoms with E-state index in [1.807, 2.05) is 18.2 Å². The number of fused-ring (bicyclic) bond motifs is 1. The molecule has 0 saturated heterocycles. The molecule has 3 aromatic carbocycles. The number of methoxy groups -OCH3 is 1. The summed E-state index contributed by atoms with van der Waals surface area (Å²) in [6.45, 7) is 3.43. The normalized spacial score (nSPS) is 11.4. The highest BCUT2D eigenvalue weighted by molar-refractivity contribution is 9.10. The molecule has 0 fully saturated rings. The third-order valence-corrected chi connectivity index (χ3v) is 5.56. The van der Waals surface area contributed by atoms with Crippen LogP contribution in [0, 0.1) is 0 Å². The molecular formula is C23H20BrClN4O3. The van der Waals surface area contributed by atoms with E-state index in [-0.39, 0.29) is 5.91 Å². The summed E-state index contributed by atoms with van der Waals surface area (Å²) in [6, 6.07) is 17.9. The van der Waals surface area contributed by atoms with Crippen molar-refractivity contribution in [2.75, 3.05) is 12.4 Å². The predicted molar refractivity (Wildman–Crippen MR) is 128 cm³/mol. The Morgan fingerprint density at radius 1 is 1.03 bits per heavy atom. The number of nitrogens with zero attached hydrogens (tertiary/aromatic N) is 3. The number of anilines is 1. The lowest BCUT2D eigenvalue weighted by Crippen LogP contribution is -2.42. The second-order valence-corrected chi connectivity index (χ2v) is 8.86. The first-order valence-corrected chi connectivity index (χ1v) is 10.9. The Labute approximate surface area is 198 Å². The summed E-state index contributed by atoms with van der Waals surface area (Å²) < 4.78 is 12.0. The van der Waals surface area contributed by atoms with Crippen molar-refractivity contribution in [2.45, 2.75) is 19.4 Å². The molecule has 0 radical (unpaired) electrons. The monoisotopic (exact) mass is 514 g/mol. The molecule has 7 nitrogen and oxygen atoms in total. The Balaban J connectivity index is 1.53. The van der Waals surface area contributed by atoms with Gasteiger partial charge in [-0.05, 0) is 74.5 Å². The van der Waals surface area contributed by atoms with Crippen LogP contribution in [0.1, 0.15) is 13.8 Å². The third-order valence-electron chi connectivity index (χ3n) is 4.74. The van der Waals surface area contributed by atoms with Gasteiger partial charge in [0.05, 0.1) is 17.8 Å². The third kappa shape index (κ3) is 4.71. The van der Waals surface area contributed by atoms with Gasteiger partial charge in [0, 0.05) is 10.2 Å². The maximum absolute atomic E-state index is 12.9. The molecular weight excluding hydrogens is 496 g/mol. The number of amides is 1. The number of rotatable bonds is 6. The summed E-state index contributed by atoms with van der Waals surface area (Å²) in [4.78, 5) is 14.3. The fourth-order valence-corrected chi connectivity index (χ4v) is 3.53. The number of hydrogen-bond acceptors (Lipinski definition) is 5. The van der Waals surface area contributed by atoms with Crippen molar-refractivity contribution in [2.24, 2.45) is 0 Å². The highest BCUT2D eigenvalue weighted by Gasteiger charge is 2.30. The molecule has 1 N–H and O–H groups in total. The quantitative estimate of drug-likeness (QED) is 0.359. The fourth-order valence-electron chi connectivity index (χ4n) is 3.01. The highest BCUT2D eigenvalue weighted by Crippen LogP contribution is 2.27. The molecule has 4 aromatic rings. The number of aromatic nitrogens is 3. The summed E-state index contributed by atoms with van der Waals surface area (Å²) in [6.07, 6.45) is 0. The number of hydrogen-bond donors (Lipinski definition) is 1. The number of carbonyl (C=O) groups is 1. The molecule has 1 heterocycles. The van der Waals surface area contributed by atoms with Crippen molar-refractivity contribution in [3.63, 3.8) is 0 Å². The molecule has 32 heavy (non-hydrogen) atoms. The number of carbonyl (C=O) groups excluding carboxylic acids is 1. The lowest BCUT2D eigenvalue weighted by Gasteiger charge is -2.25. The van der Waals surface area contributed by atoms with Crippen molar-refractivity contribution in [1.82, 2.24) is 15.0 Å². The lowest BCUT2D eigenvalue weighted by molar-refractivity contribution is -0.128. The zero-order chi connectivity index (χ0) is 22.9. The van der Waals surface area contributed by atoms with Gasteiger partial charge in [-0.3, -0.25) is 4.79 Å². The van der Waals surface area contributed by atoms with Gasteiger partial charge in [-0.15, -0.1) is 10.2 Å². The highest BCUT2D eigenvalue weighted by atomic mass is 79.9. The predicted octanol–water partition coefficient (Wildman–Crippen LogP) is 5.64. The standard InChI is InChI=1S/C23H20BrClN4O3/c1-23(2,32-17-8-4-14(24)5-9-17)22(30)26-15-6-10-19-20(12-15)28-29(27-19)16-7-11-21(31-3)18(25)13-16/h4-13H,1-3H3,(H,26,30). The molecule has 0 unspecified atom stereocenters. The molecule has 1 aromatic heterocycles. The van der Waals surface area contributed by atoms with Gasteiger partial charge in [0.2, 0.25) is 0 Å². The van der Waals surface area contributed by atoms with Gasteiger partial charge in [-0.2, -0.15) is 4.80 Å². The number of nitrogens with one attached hydrogen (secondary N) is 1. The molecule has 0 atom stereocenters. The summed E-state index contributed by atoms with van der Waals surface area (Å²) in [5.41, 5.74) is 1.51. The summed E-state index contributed by atoms with van der Waals surface area (Å²) in [5, 5.41) is 12.3. The maximum Gasteiger partial charge on any atom is 0.267 e. The zero-order valence-corrected chi connectivity index (χ0v) is 19.9. The largest absolute Gasteiger partial charge is 0.495 e. The first kappa shape index (κ1) is 22.1. The van der Waals surface area contributed by atoms with E-state index in [0.29, 0.717) is 38.9 Å². The van der Waals surface area contributed by atoms with E-state index in [0.717, 1.165) is 4.47 Å². The zero-order valence-electron chi connectivity index (χ0n) is 17.6. The minimum Gasteiger partial charge on any atom is -0.495 e. The van der Waals surface area contributed by atoms with Crippen LogP contribution in [-0.2, 0) is 4.79 Å². The number of ether oxygens (including phenoxy) is 2. The summed E-state index contributed by atoms with van der Waals surface area (Å²) in [5.74, 6) is 0.893. The van der Waals surface area contributed by atoms with Gasteiger partial charge in [-0.1, -0.05) is 27.5 Å². The Kier molecular flexibility index (Phi) is 6.08. The van der Waals surface area contributed by atoms with E-state index in [2.05, 4.69) is 31.4 Å². The minimum atomic E-state index is -1.08. The molecule has 1 amide bonds. The number of halogens is 2. The lowest BCUT2D eigenvalue weighted by atomic mass is 10.1. The topological polar surface area (TPSA) is 78.3 Å². The van der Waals surface area contributed by atoms with Crippen LogP contribution >= 0.6 is 27.5 Å². The van der Waals surface area contributed by atoms with E-state index >= 15 is 0 Å². The molecule has 0 saturated carbocycles. The SMILES string of the molecule is COc1ccc(-n2nc3ccc(NC(=O)C(C)(C)Oc4ccc(Br)cc4)cc3n2)cc1Cl. The molecule has 0 bridgehead atoms. The van der Waals surface area contributed by atoms with Crippen molar-refractivity contribution in [3.8, 4) is 17.2 Å². The first-order valence-electron chi connectivity index (χ1n) is 9.72. The second kappa shape index (κ2) is 8.80. The fraction of sp³-hybridized carbons (Fsp3) is 0.174. The Hall–Kier alpha value is -3.10. The van der Waals surface area contributed by atoms with Gasteiger partial charge < -0.3 is 14.8 Å². The minimum absolute atomic E-state index is 0.283. The first-order chi connectivity index (χ1) is 15.2. The number of benzene rings is 3. The van der Waals surface area contributed by atoms with E-state index in [1.165, 1.54) is 4.80 Å². The van der Waals surface area contributed by atoms with Crippen LogP contribution in [0.3, 0.4) is 0 Å². The smallest absolute Gasteiger partial charge is 0.267 e. The van der Waals surface area contributed by atoms with E-state index in [1.54, 1.807) is 63.4 Å². The second-order valence-electron chi connectivity index (χ2n) is 7.53. The molecule has 0 aliphatic heterocycles. The molecule has 9 heteroatoms. The van der Waals surface area contributed by atoms with E-state index in [4.69, 9.17) is 21.1 Å². The van der Waals surface area contributed by atoms with Gasteiger partial charge in [0.25, 0.3) is 5.91 Å². The van der Waals surface area contributed by atoms with Crippen LogP contribution in [0.2, 0.25) is 5.02 Å². The molecule has 164 valence electrons. The molecule has 0 spiro atoms. The Morgan fingerprint density at radius 2 is 1.75 bits per heavy atom. The molecule has 4 rings (SSSR count). The van der Waals surface area contributed by atoms with Crippen LogP contribution in [-0.4, -0.2) is 33.6 Å². The summed E-state index contributed by atoms with van der Waals surface area (Å²) in [7, 11) is 1.56. The van der Waals surface area contributed by atoms with E-state index < -0.39 is 5.60 Å². The molecule has 0 aliphatic rings. The van der Waals surface area contributed by atoms with E-state index in [9.17, 15) is 4.79 Å². The van der Waals surface area contributed by atoms with Gasteiger partial charge in [0.15, 0.2) is 5.60 Å². The van der Waals surface area contributed by atoms with Crippen LogP contribution in [0.15, 0.2) is 65.1 Å². The van der Waals surface area contributed by atoms with Crippen LogP contribution in [0.25, 0.3) is 16.7 Å². The van der Waals surface area contributed by atoms with Gasteiger partial charge >= 0.3 is 0 Å². The Morgan fingerprint density at radius 3 is 2.44 bits per heavy atom.